The van der Waals surface area contributed by atoms with Crippen LogP contribution in [0.3, 0.4) is 0 Å². The summed E-state index contributed by atoms with van der Waals surface area (Å²) in [5, 5.41) is 9.34. The van der Waals surface area contributed by atoms with E-state index in [-0.39, 0.29) is 6.61 Å². The molecule has 0 rings (SSSR count). The minimum atomic E-state index is -0.699. The van der Waals surface area contributed by atoms with E-state index >= 15 is 0 Å². The Kier molecular flexibility index (Phi) is 7.16. The molecule has 0 spiro atoms. The summed E-state index contributed by atoms with van der Waals surface area (Å²) in [6.07, 6.45) is 4.54. The van der Waals surface area contributed by atoms with Gasteiger partial charge in [0.05, 0.1) is 6.61 Å². The van der Waals surface area contributed by atoms with Gasteiger partial charge in [-0.1, -0.05) is 40.0 Å². The molecular weight excluding hydrogens is 182 g/mol. The van der Waals surface area contributed by atoms with Crippen molar-refractivity contribution in [3.8, 4) is 0 Å². The van der Waals surface area contributed by atoms with Gasteiger partial charge in [-0.15, -0.1) is 10.1 Å². The maximum Gasteiger partial charge on any atom is 0.294 e. The van der Waals surface area contributed by atoms with E-state index in [2.05, 4.69) is 25.6 Å². The molecule has 0 radical (unpaired) electrons. The molecule has 14 heavy (non-hydrogen) atoms. The summed E-state index contributed by atoms with van der Waals surface area (Å²) < 4.78 is 0. The van der Waals surface area contributed by atoms with E-state index in [0.29, 0.717) is 11.8 Å². The van der Waals surface area contributed by atoms with Gasteiger partial charge in [0.25, 0.3) is 5.09 Å². The summed E-state index contributed by atoms with van der Waals surface area (Å²) in [5.74, 6) is 0.763. The van der Waals surface area contributed by atoms with Gasteiger partial charge >= 0.3 is 0 Å². The Labute approximate surface area is 85.7 Å². The van der Waals surface area contributed by atoms with Crippen molar-refractivity contribution in [3.05, 3.63) is 10.1 Å². The molecular formula is C10H21NO3. The Bertz CT molecular complexity index is 159. The molecule has 0 aliphatic rings. The molecule has 0 aliphatic carbocycles. The first-order chi connectivity index (χ1) is 6.57. The Morgan fingerprint density at radius 2 is 2.00 bits per heavy atom. The molecule has 0 aromatic heterocycles. The van der Waals surface area contributed by atoms with Crippen LogP contribution in [0.25, 0.3) is 0 Å². The second kappa shape index (κ2) is 7.59. The molecule has 0 N–H and O–H groups in total. The van der Waals surface area contributed by atoms with Gasteiger partial charge in [-0.25, -0.2) is 0 Å². The molecule has 0 bridgehead atoms. The van der Waals surface area contributed by atoms with Crippen molar-refractivity contribution in [1.29, 1.82) is 0 Å². The van der Waals surface area contributed by atoms with Gasteiger partial charge in [0.15, 0.2) is 0 Å². The highest BCUT2D eigenvalue weighted by Gasteiger charge is 2.14. The second-order valence-electron chi connectivity index (χ2n) is 4.02. The third-order valence-electron chi connectivity index (χ3n) is 2.52. The minimum absolute atomic E-state index is 0.244. The Morgan fingerprint density at radius 1 is 1.36 bits per heavy atom. The van der Waals surface area contributed by atoms with E-state index in [0.717, 1.165) is 12.8 Å². The lowest BCUT2D eigenvalue weighted by molar-refractivity contribution is -0.759. The van der Waals surface area contributed by atoms with Gasteiger partial charge in [-0.05, 0) is 18.3 Å². The zero-order valence-corrected chi connectivity index (χ0v) is 9.36. The number of hydrogen-bond donors (Lipinski definition) is 0. The first-order valence-electron chi connectivity index (χ1n) is 5.35. The molecule has 4 nitrogen and oxygen atoms in total. The van der Waals surface area contributed by atoms with Crippen molar-refractivity contribution >= 4 is 0 Å². The Hall–Kier alpha value is -0.800. The largest absolute Gasteiger partial charge is 0.314 e. The van der Waals surface area contributed by atoms with Crippen LogP contribution in [0.5, 0.6) is 0 Å². The smallest absolute Gasteiger partial charge is 0.294 e. The van der Waals surface area contributed by atoms with Crippen LogP contribution in [0.15, 0.2) is 0 Å². The Balaban J connectivity index is 3.72. The third kappa shape index (κ3) is 6.69. The van der Waals surface area contributed by atoms with Crippen LogP contribution in [0.4, 0.5) is 0 Å². The fraction of sp³-hybridized carbons (Fsp3) is 1.00. The number of hydrogen-bond acceptors (Lipinski definition) is 3. The lowest BCUT2D eigenvalue weighted by Crippen LogP contribution is -2.18. The maximum absolute atomic E-state index is 10.0. The third-order valence-corrected chi connectivity index (χ3v) is 2.52. The Morgan fingerprint density at radius 3 is 2.43 bits per heavy atom. The van der Waals surface area contributed by atoms with Gasteiger partial charge in [0.2, 0.25) is 0 Å². The maximum atomic E-state index is 10.0. The quantitative estimate of drug-likeness (QED) is 0.346. The van der Waals surface area contributed by atoms with Crippen molar-refractivity contribution in [2.24, 2.45) is 11.8 Å². The molecule has 0 fully saturated rings. The summed E-state index contributed by atoms with van der Waals surface area (Å²) >= 11 is 0. The van der Waals surface area contributed by atoms with E-state index in [1.165, 1.54) is 12.8 Å². The van der Waals surface area contributed by atoms with Crippen LogP contribution in [-0.2, 0) is 4.84 Å². The van der Waals surface area contributed by atoms with E-state index in [1.54, 1.807) is 0 Å². The molecule has 0 aromatic rings. The van der Waals surface area contributed by atoms with Gasteiger partial charge in [-0.3, -0.25) is 0 Å². The molecule has 1 atom stereocenters. The van der Waals surface area contributed by atoms with E-state index in [1.807, 2.05) is 0 Å². The normalized spacial score (nSPS) is 12.9. The molecule has 1 unspecified atom stereocenters. The monoisotopic (exact) mass is 203 g/mol. The first kappa shape index (κ1) is 13.2. The SMILES string of the molecule is CCCCCC(CO[N+](=O)[O-])C(C)C. The molecule has 4 heteroatoms. The molecule has 0 aliphatic heterocycles. The second-order valence-corrected chi connectivity index (χ2v) is 4.02. The molecule has 84 valence electrons. The van der Waals surface area contributed by atoms with Crippen LogP contribution in [-0.4, -0.2) is 11.7 Å². The van der Waals surface area contributed by atoms with E-state index in [9.17, 15) is 10.1 Å². The summed E-state index contributed by atoms with van der Waals surface area (Å²) in [5.41, 5.74) is 0. The van der Waals surface area contributed by atoms with Gasteiger partial charge in [-0.2, -0.15) is 0 Å². The van der Waals surface area contributed by atoms with Crippen molar-refractivity contribution in [3.63, 3.8) is 0 Å². The highest BCUT2D eigenvalue weighted by Crippen LogP contribution is 2.19. The fourth-order valence-electron chi connectivity index (χ4n) is 1.42. The zero-order chi connectivity index (χ0) is 11.0. The highest BCUT2D eigenvalue weighted by molar-refractivity contribution is 4.61. The lowest BCUT2D eigenvalue weighted by Gasteiger charge is -2.19. The highest BCUT2D eigenvalue weighted by atomic mass is 16.9. The average Bonchev–Trinajstić information content (AvgIpc) is 2.10. The van der Waals surface area contributed by atoms with Crippen LogP contribution in [0.2, 0.25) is 0 Å². The van der Waals surface area contributed by atoms with E-state index in [4.69, 9.17) is 0 Å². The summed E-state index contributed by atoms with van der Waals surface area (Å²) in [6.45, 7) is 6.56. The lowest BCUT2D eigenvalue weighted by atomic mass is 9.91. The first-order valence-corrected chi connectivity index (χ1v) is 5.35. The molecule has 0 saturated heterocycles. The zero-order valence-electron chi connectivity index (χ0n) is 9.36. The van der Waals surface area contributed by atoms with Crippen molar-refractivity contribution in [2.45, 2.75) is 46.5 Å². The standard InChI is InChI=1S/C10H21NO3/c1-4-5-6-7-10(9(2)3)8-14-11(12)13/h9-10H,4-8H2,1-3H3. The summed E-state index contributed by atoms with van der Waals surface area (Å²) in [4.78, 5) is 14.5. The van der Waals surface area contributed by atoms with Crippen LogP contribution < -0.4 is 0 Å². The fourth-order valence-corrected chi connectivity index (χ4v) is 1.42. The molecule has 0 heterocycles. The van der Waals surface area contributed by atoms with Crippen molar-refractivity contribution in [2.75, 3.05) is 6.61 Å². The van der Waals surface area contributed by atoms with Crippen molar-refractivity contribution < 1.29 is 9.92 Å². The topological polar surface area (TPSA) is 52.4 Å². The summed E-state index contributed by atoms with van der Waals surface area (Å²) in [6, 6.07) is 0. The number of nitrogens with zero attached hydrogens (tertiary/aromatic N) is 1. The van der Waals surface area contributed by atoms with Crippen LogP contribution in [0, 0.1) is 22.0 Å². The predicted molar refractivity (Wildman–Crippen MR) is 55.4 cm³/mol. The molecule has 0 aromatic carbocycles. The van der Waals surface area contributed by atoms with E-state index < -0.39 is 5.09 Å². The van der Waals surface area contributed by atoms with Gasteiger partial charge < -0.3 is 4.84 Å². The minimum Gasteiger partial charge on any atom is -0.314 e. The number of rotatable bonds is 8. The predicted octanol–water partition coefficient (Wildman–Crippen LogP) is 3.05. The van der Waals surface area contributed by atoms with Gasteiger partial charge in [0, 0.05) is 0 Å². The van der Waals surface area contributed by atoms with Crippen LogP contribution in [0.1, 0.15) is 46.5 Å². The average molecular weight is 203 g/mol. The van der Waals surface area contributed by atoms with Gasteiger partial charge in [0.1, 0.15) is 0 Å². The molecule has 0 amide bonds. The van der Waals surface area contributed by atoms with Crippen molar-refractivity contribution in [1.82, 2.24) is 0 Å². The van der Waals surface area contributed by atoms with Crippen LogP contribution >= 0.6 is 0 Å². The number of unbranched alkanes of at least 4 members (excludes halogenated alkanes) is 2. The summed E-state index contributed by atoms with van der Waals surface area (Å²) in [7, 11) is 0. The molecule has 0 saturated carbocycles.